The van der Waals surface area contributed by atoms with Crippen molar-refractivity contribution in [2.45, 2.75) is 40.0 Å². The fourth-order valence-electron chi connectivity index (χ4n) is 2.12. The molecule has 4 heteroatoms. The van der Waals surface area contributed by atoms with E-state index in [2.05, 4.69) is 75.4 Å². The summed E-state index contributed by atoms with van der Waals surface area (Å²) < 4.78 is 2.90. The van der Waals surface area contributed by atoms with Gasteiger partial charge in [0.2, 0.25) is 0 Å². The third kappa shape index (κ3) is 2.63. The fourth-order valence-corrected chi connectivity index (χ4v) is 3.26. The molecule has 3 nitrogen and oxygen atoms in total. The summed E-state index contributed by atoms with van der Waals surface area (Å²) in [5.41, 5.74) is 10.8. The van der Waals surface area contributed by atoms with Crippen molar-refractivity contribution in [3.05, 3.63) is 38.6 Å². The van der Waals surface area contributed by atoms with E-state index >= 15 is 0 Å². The third-order valence-corrected chi connectivity index (χ3v) is 4.22. The number of hydrogen-bond acceptors (Lipinski definition) is 2. The summed E-state index contributed by atoms with van der Waals surface area (Å²) in [4.78, 5) is 0. The Hall–Kier alpha value is -1.04. The molecule has 0 saturated heterocycles. The van der Waals surface area contributed by atoms with Gasteiger partial charge >= 0.3 is 0 Å². The van der Waals surface area contributed by atoms with E-state index in [9.17, 15) is 0 Å². The quantitative estimate of drug-likeness (QED) is 0.773. The molecule has 0 atom stereocenters. The number of rotatable bonds is 1. The lowest BCUT2D eigenvalue weighted by atomic mass is 9.92. The second kappa shape index (κ2) is 4.81. The molecule has 0 radical (unpaired) electrons. The number of aryl methyl sites for hydroxylation is 2. The van der Waals surface area contributed by atoms with Crippen LogP contribution < -0.4 is 5.73 Å². The molecule has 2 aromatic rings. The molecule has 0 bridgehead atoms. The van der Waals surface area contributed by atoms with Crippen molar-refractivity contribution in [1.82, 2.24) is 9.78 Å². The van der Waals surface area contributed by atoms with E-state index in [0.717, 1.165) is 20.8 Å². The number of aromatic nitrogens is 2. The molecule has 2 N–H and O–H groups in total. The van der Waals surface area contributed by atoms with Crippen molar-refractivity contribution in [2.24, 2.45) is 0 Å². The van der Waals surface area contributed by atoms with Gasteiger partial charge in [0.05, 0.1) is 15.0 Å². The molecule has 0 aliphatic carbocycles. The van der Waals surface area contributed by atoms with Gasteiger partial charge in [-0.05, 0) is 48.1 Å². The Kier molecular flexibility index (Phi) is 3.64. The highest BCUT2D eigenvalue weighted by molar-refractivity contribution is 14.1. The molecule has 1 heterocycles. The van der Waals surface area contributed by atoms with Crippen molar-refractivity contribution < 1.29 is 0 Å². The molecule has 0 unspecified atom stereocenters. The van der Waals surface area contributed by atoms with Gasteiger partial charge in [-0.2, -0.15) is 5.10 Å². The molecule has 0 saturated carbocycles. The van der Waals surface area contributed by atoms with Gasteiger partial charge in [-0.25, -0.2) is 4.68 Å². The summed E-state index contributed by atoms with van der Waals surface area (Å²) in [6, 6.07) is 6.32. The Bertz CT molecular complexity index is 621. The van der Waals surface area contributed by atoms with Crippen LogP contribution in [0.2, 0.25) is 0 Å². The Balaban J connectivity index is 2.64. The first-order chi connectivity index (χ1) is 8.71. The highest BCUT2D eigenvalue weighted by Gasteiger charge is 2.25. The summed E-state index contributed by atoms with van der Waals surface area (Å²) in [6.07, 6.45) is 0. The van der Waals surface area contributed by atoms with E-state index in [-0.39, 0.29) is 5.41 Å². The molecular formula is C15H20IN3. The fraction of sp³-hybridized carbons (Fsp3) is 0.400. The van der Waals surface area contributed by atoms with Crippen LogP contribution in [0.3, 0.4) is 0 Å². The summed E-state index contributed by atoms with van der Waals surface area (Å²) in [6.45, 7) is 10.6. The second-order valence-corrected chi connectivity index (χ2v) is 7.08. The van der Waals surface area contributed by atoms with E-state index in [1.165, 1.54) is 11.1 Å². The molecule has 19 heavy (non-hydrogen) atoms. The number of nitrogens with zero attached hydrogens (tertiary/aromatic N) is 2. The minimum atomic E-state index is -0.00546. The van der Waals surface area contributed by atoms with Gasteiger partial charge in [-0.3, -0.25) is 0 Å². The first-order valence-corrected chi connectivity index (χ1v) is 7.42. The monoisotopic (exact) mass is 369 g/mol. The van der Waals surface area contributed by atoms with Crippen LogP contribution in [0.25, 0.3) is 5.69 Å². The van der Waals surface area contributed by atoms with Crippen LogP contribution in [0.5, 0.6) is 0 Å². The standard InChI is InChI=1S/C15H20IN3/c1-9-6-7-11(10(2)8-9)19-14(17)12(16)13(18-19)15(3,4)5/h6-8H,17H2,1-5H3. The van der Waals surface area contributed by atoms with E-state index in [1.54, 1.807) is 0 Å². The molecular weight excluding hydrogens is 349 g/mol. The molecule has 102 valence electrons. The lowest BCUT2D eigenvalue weighted by Crippen LogP contribution is -2.14. The second-order valence-electron chi connectivity index (χ2n) is 6.00. The average Bonchev–Trinajstić information content (AvgIpc) is 2.56. The van der Waals surface area contributed by atoms with Crippen LogP contribution in [-0.2, 0) is 5.41 Å². The Morgan fingerprint density at radius 3 is 2.32 bits per heavy atom. The zero-order chi connectivity index (χ0) is 14.4. The minimum Gasteiger partial charge on any atom is -0.383 e. The van der Waals surface area contributed by atoms with Gasteiger partial charge in [0.15, 0.2) is 0 Å². The Morgan fingerprint density at radius 2 is 1.84 bits per heavy atom. The minimum absolute atomic E-state index is 0.00546. The van der Waals surface area contributed by atoms with Crippen molar-refractivity contribution in [3.63, 3.8) is 0 Å². The maximum atomic E-state index is 6.23. The van der Waals surface area contributed by atoms with Crippen LogP contribution in [-0.4, -0.2) is 9.78 Å². The predicted octanol–water partition coefficient (Wildman–Crippen LogP) is 3.97. The van der Waals surface area contributed by atoms with Gasteiger partial charge in [0, 0.05) is 5.41 Å². The summed E-state index contributed by atoms with van der Waals surface area (Å²) in [7, 11) is 0. The molecule has 0 aliphatic rings. The van der Waals surface area contributed by atoms with Gasteiger partial charge in [0.1, 0.15) is 5.82 Å². The molecule has 0 fully saturated rings. The third-order valence-electron chi connectivity index (χ3n) is 3.15. The zero-order valence-electron chi connectivity index (χ0n) is 12.1. The Morgan fingerprint density at radius 1 is 1.21 bits per heavy atom. The first kappa shape index (κ1) is 14.4. The highest BCUT2D eigenvalue weighted by atomic mass is 127. The average molecular weight is 369 g/mol. The van der Waals surface area contributed by atoms with Crippen LogP contribution >= 0.6 is 22.6 Å². The van der Waals surface area contributed by atoms with Crippen molar-refractivity contribution in [2.75, 3.05) is 5.73 Å². The Labute approximate surface area is 128 Å². The van der Waals surface area contributed by atoms with Crippen molar-refractivity contribution in [1.29, 1.82) is 0 Å². The topological polar surface area (TPSA) is 43.8 Å². The number of benzene rings is 1. The maximum absolute atomic E-state index is 6.23. The van der Waals surface area contributed by atoms with E-state index in [4.69, 9.17) is 10.8 Å². The number of halogens is 1. The molecule has 2 rings (SSSR count). The molecule has 1 aromatic heterocycles. The van der Waals surface area contributed by atoms with E-state index < -0.39 is 0 Å². The lowest BCUT2D eigenvalue weighted by molar-refractivity contribution is 0.557. The summed E-state index contributed by atoms with van der Waals surface area (Å²) in [5.74, 6) is 0.720. The predicted molar refractivity (Wildman–Crippen MR) is 88.9 cm³/mol. The van der Waals surface area contributed by atoms with Crippen LogP contribution in [0, 0.1) is 17.4 Å². The van der Waals surface area contributed by atoms with Crippen molar-refractivity contribution in [3.8, 4) is 5.69 Å². The highest BCUT2D eigenvalue weighted by Crippen LogP contribution is 2.32. The first-order valence-electron chi connectivity index (χ1n) is 6.34. The lowest BCUT2D eigenvalue weighted by Gasteiger charge is -2.15. The zero-order valence-corrected chi connectivity index (χ0v) is 14.2. The number of anilines is 1. The van der Waals surface area contributed by atoms with Crippen LogP contribution in [0.1, 0.15) is 37.6 Å². The molecule has 0 aliphatic heterocycles. The molecule has 1 aromatic carbocycles. The molecule has 0 amide bonds. The maximum Gasteiger partial charge on any atom is 0.141 e. The summed E-state index contributed by atoms with van der Waals surface area (Å²) in [5, 5.41) is 4.73. The summed E-state index contributed by atoms with van der Waals surface area (Å²) >= 11 is 2.29. The van der Waals surface area contributed by atoms with Gasteiger partial charge in [-0.15, -0.1) is 0 Å². The number of hydrogen-bond donors (Lipinski definition) is 1. The van der Waals surface area contributed by atoms with Crippen molar-refractivity contribution >= 4 is 28.4 Å². The van der Waals surface area contributed by atoms with E-state index in [1.807, 2.05) is 4.68 Å². The normalized spacial score (nSPS) is 11.9. The van der Waals surface area contributed by atoms with E-state index in [0.29, 0.717) is 0 Å². The van der Waals surface area contributed by atoms with Crippen LogP contribution in [0.4, 0.5) is 5.82 Å². The largest absolute Gasteiger partial charge is 0.383 e. The molecule has 0 spiro atoms. The van der Waals surface area contributed by atoms with Crippen LogP contribution in [0.15, 0.2) is 18.2 Å². The number of nitrogen functional groups attached to an aromatic ring is 1. The van der Waals surface area contributed by atoms with Gasteiger partial charge < -0.3 is 5.73 Å². The van der Waals surface area contributed by atoms with Gasteiger partial charge in [-0.1, -0.05) is 38.5 Å². The van der Waals surface area contributed by atoms with Gasteiger partial charge in [0.25, 0.3) is 0 Å². The SMILES string of the molecule is Cc1ccc(-n2nc(C(C)(C)C)c(I)c2N)c(C)c1. The smallest absolute Gasteiger partial charge is 0.141 e. The number of nitrogens with two attached hydrogens (primary N) is 1.